The van der Waals surface area contributed by atoms with Gasteiger partial charge in [0.15, 0.2) is 4.34 Å². The van der Waals surface area contributed by atoms with Gasteiger partial charge in [-0.05, 0) is 36.9 Å². The zero-order valence-corrected chi connectivity index (χ0v) is 12.0. The van der Waals surface area contributed by atoms with Crippen molar-refractivity contribution in [3.05, 3.63) is 0 Å². The summed E-state index contributed by atoms with van der Waals surface area (Å²) in [7, 11) is 0. The Labute approximate surface area is 115 Å². The number of hydrogen-bond acceptors (Lipinski definition) is 5. The van der Waals surface area contributed by atoms with Gasteiger partial charge in [0, 0.05) is 5.92 Å². The molecule has 2 bridgehead atoms. The summed E-state index contributed by atoms with van der Waals surface area (Å²) in [4.78, 5) is 12.2. The van der Waals surface area contributed by atoms with E-state index in [1.54, 1.807) is 11.8 Å². The molecule has 4 nitrogen and oxygen atoms in total. The first-order chi connectivity index (χ1) is 8.76. The van der Waals surface area contributed by atoms with E-state index in [1.807, 2.05) is 0 Å². The summed E-state index contributed by atoms with van der Waals surface area (Å²) in [5.41, 5.74) is 0. The number of thioether (sulfide) groups is 1. The summed E-state index contributed by atoms with van der Waals surface area (Å²) >= 11 is 3.13. The molecule has 2 aliphatic rings. The lowest BCUT2D eigenvalue weighted by Crippen LogP contribution is -2.27. The third kappa shape index (κ3) is 2.40. The molecule has 3 atom stereocenters. The highest BCUT2D eigenvalue weighted by Gasteiger charge is 2.43. The minimum atomic E-state index is 0.159. The lowest BCUT2D eigenvalue weighted by Gasteiger charge is -2.19. The normalized spacial score (nSPS) is 29.7. The van der Waals surface area contributed by atoms with Gasteiger partial charge in [0.05, 0.1) is 0 Å². The molecular formula is C12H17N3OS2. The van der Waals surface area contributed by atoms with Crippen LogP contribution >= 0.6 is 23.1 Å². The van der Waals surface area contributed by atoms with Crippen molar-refractivity contribution < 1.29 is 4.79 Å². The highest BCUT2D eigenvalue weighted by Crippen LogP contribution is 2.48. The van der Waals surface area contributed by atoms with Crippen molar-refractivity contribution in [2.75, 3.05) is 11.1 Å². The van der Waals surface area contributed by atoms with E-state index in [0.29, 0.717) is 11.0 Å². The van der Waals surface area contributed by atoms with Gasteiger partial charge >= 0.3 is 0 Å². The lowest BCUT2D eigenvalue weighted by molar-refractivity contribution is -0.121. The van der Waals surface area contributed by atoms with Crippen molar-refractivity contribution >= 4 is 34.1 Å². The molecule has 0 radical (unpaired) electrons. The van der Waals surface area contributed by atoms with E-state index in [0.717, 1.165) is 22.4 Å². The molecule has 1 aromatic heterocycles. The van der Waals surface area contributed by atoms with Crippen LogP contribution in [0.1, 0.15) is 32.6 Å². The summed E-state index contributed by atoms with van der Waals surface area (Å²) in [6.45, 7) is 2.08. The molecule has 0 saturated heterocycles. The maximum absolute atomic E-state index is 12.2. The molecule has 1 heterocycles. The van der Waals surface area contributed by atoms with Crippen LogP contribution in [0.5, 0.6) is 0 Å². The molecule has 0 spiro atoms. The number of aromatic nitrogens is 2. The van der Waals surface area contributed by atoms with Gasteiger partial charge in [0.25, 0.3) is 0 Å². The number of carbonyl (C=O) groups excluding carboxylic acids is 1. The van der Waals surface area contributed by atoms with E-state index in [-0.39, 0.29) is 11.8 Å². The predicted molar refractivity (Wildman–Crippen MR) is 73.9 cm³/mol. The molecule has 1 aromatic rings. The zero-order chi connectivity index (χ0) is 12.5. The second-order valence-electron chi connectivity index (χ2n) is 5.08. The maximum atomic E-state index is 12.2. The molecule has 1 amide bonds. The third-order valence-corrected chi connectivity index (χ3v) is 5.83. The van der Waals surface area contributed by atoms with Crippen molar-refractivity contribution in [3.63, 3.8) is 0 Å². The van der Waals surface area contributed by atoms with Gasteiger partial charge in [-0.3, -0.25) is 4.79 Å². The standard InChI is InChI=1S/C12H17N3OS2/c1-2-17-12-15-14-11(18-12)13-10(16)9-6-7-3-4-8(9)5-7/h7-9H,2-6H2,1H3,(H,13,14,16)/t7-,8+,9+/m0/s1. The van der Waals surface area contributed by atoms with Gasteiger partial charge in [-0.2, -0.15) is 0 Å². The van der Waals surface area contributed by atoms with E-state index >= 15 is 0 Å². The van der Waals surface area contributed by atoms with E-state index in [4.69, 9.17) is 0 Å². The highest BCUT2D eigenvalue weighted by molar-refractivity contribution is 8.01. The van der Waals surface area contributed by atoms with Crippen LogP contribution in [0.15, 0.2) is 4.34 Å². The number of nitrogens with zero attached hydrogens (tertiary/aromatic N) is 2. The summed E-state index contributed by atoms with van der Waals surface area (Å²) < 4.78 is 0.931. The van der Waals surface area contributed by atoms with Crippen molar-refractivity contribution in [2.24, 2.45) is 17.8 Å². The molecule has 0 aliphatic heterocycles. The summed E-state index contributed by atoms with van der Waals surface area (Å²) in [5.74, 6) is 2.77. The average Bonchev–Trinajstić information content (AvgIpc) is 3.05. The minimum absolute atomic E-state index is 0.159. The molecule has 1 N–H and O–H groups in total. The van der Waals surface area contributed by atoms with Gasteiger partial charge in [0.2, 0.25) is 11.0 Å². The van der Waals surface area contributed by atoms with Gasteiger partial charge in [-0.1, -0.05) is 36.4 Å². The molecule has 0 unspecified atom stereocenters. The molecule has 98 valence electrons. The van der Waals surface area contributed by atoms with Gasteiger partial charge in [-0.25, -0.2) is 0 Å². The number of amides is 1. The van der Waals surface area contributed by atoms with Crippen LogP contribution in [0.3, 0.4) is 0 Å². The molecule has 2 saturated carbocycles. The first kappa shape index (κ1) is 12.4. The average molecular weight is 283 g/mol. The Morgan fingerprint density at radius 1 is 1.44 bits per heavy atom. The SMILES string of the molecule is CCSc1nnc(NC(=O)[C@@H]2C[C@H]3CC[C@@H]2C3)s1. The summed E-state index contributed by atoms with van der Waals surface area (Å²) in [6.07, 6.45) is 4.89. The molecule has 6 heteroatoms. The topological polar surface area (TPSA) is 54.9 Å². The molecule has 18 heavy (non-hydrogen) atoms. The first-order valence-electron chi connectivity index (χ1n) is 6.53. The maximum Gasteiger partial charge on any atom is 0.229 e. The van der Waals surface area contributed by atoms with E-state index in [1.165, 1.54) is 30.6 Å². The summed E-state index contributed by atoms with van der Waals surface area (Å²) in [6, 6.07) is 0. The Bertz CT molecular complexity index is 448. The molecule has 3 rings (SSSR count). The number of nitrogens with one attached hydrogen (secondary N) is 1. The number of carbonyl (C=O) groups is 1. The number of rotatable bonds is 4. The Balaban J connectivity index is 1.60. The second-order valence-corrected chi connectivity index (χ2v) is 7.57. The molecule has 2 fully saturated rings. The molecule has 2 aliphatic carbocycles. The van der Waals surface area contributed by atoms with Crippen LogP contribution in [0.2, 0.25) is 0 Å². The van der Waals surface area contributed by atoms with Crippen molar-refractivity contribution in [3.8, 4) is 0 Å². The second kappa shape index (κ2) is 5.17. The van der Waals surface area contributed by atoms with E-state index in [9.17, 15) is 4.79 Å². The number of hydrogen-bond donors (Lipinski definition) is 1. The fourth-order valence-electron chi connectivity index (χ4n) is 3.21. The van der Waals surface area contributed by atoms with E-state index in [2.05, 4.69) is 22.4 Å². The van der Waals surface area contributed by atoms with Crippen LogP contribution < -0.4 is 5.32 Å². The smallest absolute Gasteiger partial charge is 0.229 e. The van der Waals surface area contributed by atoms with Crippen LogP contribution in [-0.4, -0.2) is 21.9 Å². The Morgan fingerprint density at radius 3 is 3.00 bits per heavy atom. The van der Waals surface area contributed by atoms with Crippen molar-refractivity contribution in [2.45, 2.75) is 36.9 Å². The monoisotopic (exact) mass is 283 g/mol. The van der Waals surface area contributed by atoms with Crippen molar-refractivity contribution in [1.29, 1.82) is 0 Å². The largest absolute Gasteiger partial charge is 0.300 e. The van der Waals surface area contributed by atoms with Gasteiger partial charge in [-0.15, -0.1) is 10.2 Å². The summed E-state index contributed by atoms with van der Waals surface area (Å²) in [5, 5.41) is 11.7. The fourth-order valence-corrected chi connectivity index (χ4v) is 4.86. The Morgan fingerprint density at radius 2 is 2.33 bits per heavy atom. The lowest BCUT2D eigenvalue weighted by atomic mass is 9.88. The fraction of sp³-hybridized carbons (Fsp3) is 0.750. The van der Waals surface area contributed by atoms with Crippen LogP contribution in [0.4, 0.5) is 5.13 Å². The Hall–Kier alpha value is -0.620. The third-order valence-electron chi connectivity index (χ3n) is 3.98. The van der Waals surface area contributed by atoms with Crippen LogP contribution in [0.25, 0.3) is 0 Å². The molecule has 0 aromatic carbocycles. The quantitative estimate of drug-likeness (QED) is 0.681. The number of fused-ring (bicyclic) bond motifs is 2. The Kier molecular flexibility index (Phi) is 3.56. The minimum Gasteiger partial charge on any atom is -0.300 e. The van der Waals surface area contributed by atoms with E-state index < -0.39 is 0 Å². The van der Waals surface area contributed by atoms with Crippen LogP contribution in [0, 0.1) is 17.8 Å². The van der Waals surface area contributed by atoms with Gasteiger partial charge < -0.3 is 5.32 Å². The highest BCUT2D eigenvalue weighted by atomic mass is 32.2. The number of anilines is 1. The zero-order valence-electron chi connectivity index (χ0n) is 10.4. The van der Waals surface area contributed by atoms with Gasteiger partial charge in [0.1, 0.15) is 0 Å². The predicted octanol–water partition coefficient (Wildman–Crippen LogP) is 3.02. The van der Waals surface area contributed by atoms with Crippen LogP contribution in [-0.2, 0) is 4.79 Å². The first-order valence-corrected chi connectivity index (χ1v) is 8.33. The van der Waals surface area contributed by atoms with Crippen molar-refractivity contribution in [1.82, 2.24) is 10.2 Å². The molecular weight excluding hydrogens is 266 g/mol.